The van der Waals surface area contributed by atoms with Crippen molar-refractivity contribution in [3.63, 3.8) is 0 Å². The third-order valence-electron chi connectivity index (χ3n) is 9.56. The van der Waals surface area contributed by atoms with Crippen molar-refractivity contribution in [2.45, 2.75) is 85.4 Å². The second-order valence-electron chi connectivity index (χ2n) is 11.4. The summed E-state index contributed by atoms with van der Waals surface area (Å²) in [5.41, 5.74) is 0.887. The Labute approximate surface area is 189 Å². The number of cyclic esters (lactones) is 1. The maximum Gasteiger partial charge on any atom is 0.343 e. The number of carbonyl (C=O) groups excluding carboxylic acids is 1. The smallest absolute Gasteiger partial charge is 0.343 e. The number of esters is 1. The summed E-state index contributed by atoms with van der Waals surface area (Å²) in [6.07, 6.45) is 9.33. The van der Waals surface area contributed by atoms with Crippen LogP contribution in [0, 0.1) is 36.5 Å². The molecule has 1 saturated carbocycles. The molecule has 1 spiro atoms. The topological polar surface area (TPSA) is 65.7 Å². The molecule has 1 aromatic rings. The Kier molecular flexibility index (Phi) is 4.30. The Hall–Kier alpha value is -2.30. The standard InChI is InChI=1S/C27H34O5/c1-15-8-9-20-25(6)12-11-21(28)31-24(4,5)19(25)10-13-26(20,7)27(15)14-18-22(32-27)16(2)17(3)30-23(18)29/h8,11-12,19-20H,9-10,13-14H2,1-7H3/t19-,20+,25-,26+,27+/m0/s1. The number of carbonyl (C=O) groups is 1. The van der Waals surface area contributed by atoms with Crippen molar-refractivity contribution >= 4 is 5.97 Å². The average molecular weight is 439 g/mol. The lowest BCUT2D eigenvalue weighted by Crippen LogP contribution is -2.65. The first-order chi connectivity index (χ1) is 14.9. The zero-order valence-electron chi connectivity index (χ0n) is 20.3. The fourth-order valence-electron chi connectivity index (χ4n) is 7.75. The Morgan fingerprint density at radius 2 is 1.72 bits per heavy atom. The Morgan fingerprint density at radius 3 is 2.44 bits per heavy atom. The molecule has 0 bridgehead atoms. The van der Waals surface area contributed by atoms with Gasteiger partial charge in [0, 0.05) is 29.4 Å². The van der Waals surface area contributed by atoms with Crippen LogP contribution in [0.5, 0.6) is 5.75 Å². The number of hydrogen-bond donors (Lipinski definition) is 0. The van der Waals surface area contributed by atoms with Gasteiger partial charge in [0.1, 0.15) is 22.7 Å². The largest absolute Gasteiger partial charge is 0.481 e. The van der Waals surface area contributed by atoms with Gasteiger partial charge in [-0.3, -0.25) is 0 Å². The minimum absolute atomic E-state index is 0.206. The van der Waals surface area contributed by atoms with Gasteiger partial charge < -0.3 is 13.9 Å². The van der Waals surface area contributed by atoms with Gasteiger partial charge >= 0.3 is 11.6 Å². The van der Waals surface area contributed by atoms with Crippen molar-refractivity contribution in [2.24, 2.45) is 22.7 Å². The molecule has 5 atom stereocenters. The minimum Gasteiger partial charge on any atom is -0.481 e. The van der Waals surface area contributed by atoms with Crippen molar-refractivity contribution in [2.75, 3.05) is 0 Å². The van der Waals surface area contributed by atoms with Crippen molar-refractivity contribution in [1.29, 1.82) is 0 Å². The Bertz CT molecular complexity index is 1140. The van der Waals surface area contributed by atoms with E-state index in [0.29, 0.717) is 23.5 Å². The van der Waals surface area contributed by atoms with E-state index in [-0.39, 0.29) is 34.3 Å². The van der Waals surface area contributed by atoms with Crippen LogP contribution in [0.4, 0.5) is 0 Å². The Morgan fingerprint density at radius 1 is 1.00 bits per heavy atom. The number of ether oxygens (including phenoxy) is 2. The highest BCUT2D eigenvalue weighted by Gasteiger charge is 2.68. The zero-order valence-corrected chi connectivity index (χ0v) is 20.3. The van der Waals surface area contributed by atoms with E-state index in [1.54, 1.807) is 6.08 Å². The first-order valence-corrected chi connectivity index (χ1v) is 11.8. The summed E-state index contributed by atoms with van der Waals surface area (Å²) in [6.45, 7) is 14.6. The van der Waals surface area contributed by atoms with E-state index in [2.05, 4.69) is 32.9 Å². The van der Waals surface area contributed by atoms with E-state index in [9.17, 15) is 9.59 Å². The predicted molar refractivity (Wildman–Crippen MR) is 122 cm³/mol. The van der Waals surface area contributed by atoms with E-state index in [0.717, 1.165) is 24.8 Å². The van der Waals surface area contributed by atoms with Crippen LogP contribution >= 0.6 is 0 Å². The summed E-state index contributed by atoms with van der Waals surface area (Å²) in [5.74, 6) is 1.50. The molecule has 3 heterocycles. The molecule has 5 nitrogen and oxygen atoms in total. The van der Waals surface area contributed by atoms with Crippen molar-refractivity contribution < 1.29 is 18.7 Å². The van der Waals surface area contributed by atoms with Gasteiger partial charge in [-0.15, -0.1) is 0 Å². The zero-order chi connectivity index (χ0) is 23.3. The van der Waals surface area contributed by atoms with Crippen LogP contribution in [0.2, 0.25) is 0 Å². The van der Waals surface area contributed by atoms with Gasteiger partial charge in [0.2, 0.25) is 0 Å². The summed E-state index contributed by atoms with van der Waals surface area (Å²) < 4.78 is 18.3. The van der Waals surface area contributed by atoms with Crippen LogP contribution < -0.4 is 10.4 Å². The second-order valence-corrected chi connectivity index (χ2v) is 11.4. The minimum atomic E-state index is -0.589. The fraction of sp³-hybridized carbons (Fsp3) is 0.630. The molecule has 2 aliphatic heterocycles. The van der Waals surface area contributed by atoms with Crippen LogP contribution in [-0.4, -0.2) is 17.2 Å². The molecular formula is C27H34O5. The molecule has 2 aliphatic carbocycles. The van der Waals surface area contributed by atoms with Crippen LogP contribution in [0.25, 0.3) is 0 Å². The maximum absolute atomic E-state index is 12.8. The highest BCUT2D eigenvalue weighted by atomic mass is 16.6. The van der Waals surface area contributed by atoms with E-state index in [1.165, 1.54) is 5.57 Å². The lowest BCUT2D eigenvalue weighted by molar-refractivity contribution is -0.181. The number of fused-ring (bicyclic) bond motifs is 5. The van der Waals surface area contributed by atoms with E-state index >= 15 is 0 Å². The summed E-state index contributed by atoms with van der Waals surface area (Å²) in [7, 11) is 0. The van der Waals surface area contributed by atoms with Gasteiger partial charge in [0.05, 0.1) is 5.56 Å². The van der Waals surface area contributed by atoms with Crippen LogP contribution in [0.1, 0.15) is 70.8 Å². The highest BCUT2D eigenvalue weighted by Crippen LogP contribution is 2.68. The lowest BCUT2D eigenvalue weighted by atomic mass is 9.42. The van der Waals surface area contributed by atoms with Gasteiger partial charge in [0.25, 0.3) is 0 Å². The van der Waals surface area contributed by atoms with Crippen LogP contribution in [0.15, 0.2) is 33.0 Å². The molecule has 4 aliphatic rings. The molecular weight excluding hydrogens is 404 g/mol. The maximum atomic E-state index is 12.8. The normalized spacial score (nSPS) is 39.3. The van der Waals surface area contributed by atoms with Gasteiger partial charge in [-0.25, -0.2) is 9.59 Å². The van der Waals surface area contributed by atoms with Gasteiger partial charge in [-0.2, -0.15) is 0 Å². The number of hydrogen-bond acceptors (Lipinski definition) is 5. The Balaban J connectivity index is 1.68. The number of aryl methyl sites for hydroxylation is 1. The third kappa shape index (κ3) is 2.51. The van der Waals surface area contributed by atoms with Gasteiger partial charge in [0.15, 0.2) is 0 Å². The summed E-state index contributed by atoms with van der Waals surface area (Å²) >= 11 is 0. The molecule has 0 unspecified atom stereocenters. The van der Waals surface area contributed by atoms with Gasteiger partial charge in [-0.1, -0.05) is 26.0 Å². The molecule has 172 valence electrons. The third-order valence-corrected chi connectivity index (χ3v) is 9.56. The highest BCUT2D eigenvalue weighted by molar-refractivity contribution is 5.83. The quantitative estimate of drug-likeness (QED) is 0.411. The summed E-state index contributed by atoms with van der Waals surface area (Å²) in [4.78, 5) is 25.2. The van der Waals surface area contributed by atoms with E-state index in [1.807, 2.05) is 27.7 Å². The first kappa shape index (κ1) is 21.5. The molecule has 5 heteroatoms. The first-order valence-electron chi connectivity index (χ1n) is 11.8. The monoisotopic (exact) mass is 438 g/mol. The number of allylic oxidation sites excluding steroid dienone is 2. The van der Waals surface area contributed by atoms with Crippen LogP contribution in [-0.2, 0) is 16.0 Å². The second kappa shape index (κ2) is 6.39. The molecule has 32 heavy (non-hydrogen) atoms. The molecule has 0 aromatic carbocycles. The lowest BCUT2D eigenvalue weighted by Gasteiger charge is -2.63. The van der Waals surface area contributed by atoms with E-state index < -0.39 is 11.2 Å². The van der Waals surface area contributed by atoms with E-state index in [4.69, 9.17) is 13.9 Å². The van der Waals surface area contributed by atoms with Crippen molar-refractivity contribution in [3.8, 4) is 5.75 Å². The average Bonchev–Trinajstić information content (AvgIpc) is 3.08. The van der Waals surface area contributed by atoms with Crippen molar-refractivity contribution in [1.82, 2.24) is 0 Å². The predicted octanol–water partition coefficient (Wildman–Crippen LogP) is 5.21. The fourth-order valence-corrected chi connectivity index (χ4v) is 7.75. The van der Waals surface area contributed by atoms with Crippen LogP contribution in [0.3, 0.4) is 0 Å². The molecule has 0 saturated heterocycles. The molecule has 0 N–H and O–H groups in total. The molecule has 1 aromatic heterocycles. The molecule has 1 fully saturated rings. The van der Waals surface area contributed by atoms with Crippen molar-refractivity contribution in [3.05, 3.63) is 51.1 Å². The number of rotatable bonds is 0. The van der Waals surface area contributed by atoms with Gasteiger partial charge in [-0.05, 0) is 70.8 Å². The summed E-state index contributed by atoms with van der Waals surface area (Å²) in [5, 5.41) is 0. The summed E-state index contributed by atoms with van der Waals surface area (Å²) in [6, 6.07) is 0. The molecule has 0 amide bonds. The molecule has 0 radical (unpaired) electrons. The SMILES string of the molecule is CC1=CC[C@@H]2[C@@]3(C)C=CC(=O)OC(C)(C)[C@@H]3CC[C@@]2(C)[C@@]12Cc1c(c(C)c(C)oc1=O)O2. The molecule has 5 rings (SSSR count).